The van der Waals surface area contributed by atoms with Gasteiger partial charge in [-0.25, -0.2) is 0 Å². The highest BCUT2D eigenvalue weighted by atomic mass is 19.4. The number of likely N-dealkylation sites (N-methyl/N-ethyl adjacent to an activating group) is 1. The Morgan fingerprint density at radius 2 is 1.96 bits per heavy atom. The number of aliphatic hydroxyl groups excluding tert-OH is 1. The molecule has 0 saturated heterocycles. The monoisotopic (exact) mass is 392 g/mol. The molecule has 148 valence electrons. The third kappa shape index (κ3) is 3.54. The van der Waals surface area contributed by atoms with Crippen LogP contribution in [0.4, 0.5) is 13.2 Å². The highest BCUT2D eigenvalue weighted by molar-refractivity contribution is 6.06. The lowest BCUT2D eigenvalue weighted by atomic mass is 9.75. The van der Waals surface area contributed by atoms with Gasteiger partial charge in [0.05, 0.1) is 12.1 Å². The van der Waals surface area contributed by atoms with Crippen LogP contribution in [-0.2, 0) is 9.59 Å². The van der Waals surface area contributed by atoms with Gasteiger partial charge < -0.3 is 15.3 Å². The zero-order valence-corrected chi connectivity index (χ0v) is 15.1. The molecule has 0 fully saturated rings. The topological polar surface area (TPSA) is 69.6 Å². The standard InChI is InChI=1S/C20H19F3N2O3/c1-25-11-15(16(26)18(25)28)17(27)24-12-19(20(21,22)23)9-5-8-14(10-19)13-6-3-2-4-7-13/h2-9,26H,10-12H2,1H3,(H,24,27). The van der Waals surface area contributed by atoms with E-state index in [1.807, 2.05) is 0 Å². The SMILES string of the molecule is CN1CC(C(=O)NCC2(C(F)(F)F)C=CC=C(c3ccccc3)C2)=C(O)C1=O. The van der Waals surface area contributed by atoms with E-state index in [1.54, 1.807) is 36.4 Å². The maximum Gasteiger partial charge on any atom is 0.399 e. The number of hydrogen-bond acceptors (Lipinski definition) is 3. The van der Waals surface area contributed by atoms with E-state index in [-0.39, 0.29) is 18.5 Å². The minimum atomic E-state index is -4.61. The second kappa shape index (κ2) is 7.18. The summed E-state index contributed by atoms with van der Waals surface area (Å²) in [4.78, 5) is 25.0. The van der Waals surface area contributed by atoms with Crippen molar-refractivity contribution in [2.45, 2.75) is 12.6 Å². The summed E-state index contributed by atoms with van der Waals surface area (Å²) in [7, 11) is 1.39. The summed E-state index contributed by atoms with van der Waals surface area (Å²) in [6.45, 7) is -0.856. The molecule has 0 bridgehead atoms. The average Bonchev–Trinajstić information content (AvgIpc) is 2.93. The molecule has 28 heavy (non-hydrogen) atoms. The molecular weight excluding hydrogens is 373 g/mol. The van der Waals surface area contributed by atoms with Crippen LogP contribution in [0.1, 0.15) is 12.0 Å². The van der Waals surface area contributed by atoms with E-state index in [9.17, 15) is 27.9 Å². The van der Waals surface area contributed by atoms with Gasteiger partial charge in [0, 0.05) is 13.6 Å². The minimum Gasteiger partial charge on any atom is -0.503 e. The van der Waals surface area contributed by atoms with Crippen LogP contribution in [0.15, 0.2) is 59.9 Å². The average molecular weight is 392 g/mol. The summed E-state index contributed by atoms with van der Waals surface area (Å²) in [5.74, 6) is -2.35. The van der Waals surface area contributed by atoms with E-state index in [0.29, 0.717) is 11.1 Å². The van der Waals surface area contributed by atoms with Crippen LogP contribution in [0.3, 0.4) is 0 Å². The molecule has 8 heteroatoms. The molecule has 1 unspecified atom stereocenters. The Hall–Kier alpha value is -3.03. The number of aliphatic hydroxyl groups is 1. The first-order valence-electron chi connectivity index (χ1n) is 8.61. The van der Waals surface area contributed by atoms with E-state index < -0.39 is 35.7 Å². The van der Waals surface area contributed by atoms with Gasteiger partial charge in [0.1, 0.15) is 5.41 Å². The smallest absolute Gasteiger partial charge is 0.399 e. The van der Waals surface area contributed by atoms with Crippen molar-refractivity contribution in [3.8, 4) is 0 Å². The molecule has 1 aliphatic carbocycles. The Bertz CT molecular complexity index is 888. The van der Waals surface area contributed by atoms with Gasteiger partial charge in [-0.2, -0.15) is 13.2 Å². The fraction of sp³-hybridized carbons (Fsp3) is 0.300. The third-order valence-electron chi connectivity index (χ3n) is 5.00. The molecule has 1 aromatic rings. The first-order valence-corrected chi connectivity index (χ1v) is 8.61. The molecule has 1 atom stereocenters. The Morgan fingerprint density at radius 3 is 2.54 bits per heavy atom. The maximum absolute atomic E-state index is 14.0. The van der Waals surface area contributed by atoms with Crippen molar-refractivity contribution in [3.63, 3.8) is 0 Å². The van der Waals surface area contributed by atoms with Crippen LogP contribution in [0, 0.1) is 5.41 Å². The third-order valence-corrected chi connectivity index (χ3v) is 5.00. The number of hydrogen-bond donors (Lipinski definition) is 2. The summed E-state index contributed by atoms with van der Waals surface area (Å²) in [5.41, 5.74) is -1.33. The molecular formula is C20H19F3N2O3. The molecule has 0 radical (unpaired) electrons. The number of benzene rings is 1. The number of allylic oxidation sites excluding steroid dienone is 3. The van der Waals surface area contributed by atoms with Gasteiger partial charge in [0.25, 0.3) is 11.8 Å². The lowest BCUT2D eigenvalue weighted by Crippen LogP contribution is -2.47. The van der Waals surface area contributed by atoms with Gasteiger partial charge >= 0.3 is 6.18 Å². The van der Waals surface area contributed by atoms with Crippen molar-refractivity contribution in [1.82, 2.24) is 10.2 Å². The van der Waals surface area contributed by atoms with E-state index in [0.717, 1.165) is 11.0 Å². The van der Waals surface area contributed by atoms with E-state index >= 15 is 0 Å². The van der Waals surface area contributed by atoms with Crippen LogP contribution in [-0.4, -0.2) is 48.1 Å². The fourth-order valence-corrected chi connectivity index (χ4v) is 3.29. The second-order valence-corrected chi connectivity index (χ2v) is 6.92. The number of alkyl halides is 3. The summed E-state index contributed by atoms with van der Waals surface area (Å²) < 4.78 is 41.9. The number of nitrogens with one attached hydrogen (secondary N) is 1. The number of carbonyl (C=O) groups is 2. The first-order chi connectivity index (χ1) is 13.1. The quantitative estimate of drug-likeness (QED) is 0.828. The lowest BCUT2D eigenvalue weighted by Gasteiger charge is -2.36. The van der Waals surface area contributed by atoms with E-state index in [2.05, 4.69) is 5.32 Å². The molecule has 1 heterocycles. The molecule has 0 spiro atoms. The molecule has 1 aromatic carbocycles. The molecule has 0 aromatic heterocycles. The molecule has 5 nitrogen and oxygen atoms in total. The van der Waals surface area contributed by atoms with Gasteiger partial charge in [0.2, 0.25) is 0 Å². The Kier molecular flexibility index (Phi) is 5.06. The Morgan fingerprint density at radius 1 is 1.29 bits per heavy atom. The number of amides is 2. The van der Waals surface area contributed by atoms with Crippen molar-refractivity contribution < 1.29 is 27.9 Å². The zero-order valence-electron chi connectivity index (χ0n) is 15.1. The molecule has 2 N–H and O–H groups in total. The predicted molar refractivity (Wildman–Crippen MR) is 97.0 cm³/mol. The molecule has 0 saturated carbocycles. The summed E-state index contributed by atoms with van der Waals surface area (Å²) in [6, 6.07) is 8.73. The molecule has 2 amide bonds. The summed E-state index contributed by atoms with van der Waals surface area (Å²) in [5, 5.41) is 12.0. The van der Waals surface area contributed by atoms with E-state index in [4.69, 9.17) is 0 Å². The van der Waals surface area contributed by atoms with Crippen LogP contribution < -0.4 is 5.32 Å². The number of carbonyl (C=O) groups excluding carboxylic acids is 2. The largest absolute Gasteiger partial charge is 0.503 e. The summed E-state index contributed by atoms with van der Waals surface area (Å²) >= 11 is 0. The van der Waals surface area contributed by atoms with Crippen LogP contribution in [0.2, 0.25) is 0 Å². The Balaban J connectivity index is 1.81. The van der Waals surface area contributed by atoms with Gasteiger partial charge in [-0.05, 0) is 17.6 Å². The predicted octanol–water partition coefficient (Wildman–Crippen LogP) is 2.98. The lowest BCUT2D eigenvalue weighted by molar-refractivity contribution is -0.203. The van der Waals surface area contributed by atoms with Gasteiger partial charge in [-0.15, -0.1) is 0 Å². The van der Waals surface area contributed by atoms with Gasteiger partial charge in [-0.1, -0.05) is 48.6 Å². The number of nitrogens with zero attached hydrogens (tertiary/aromatic N) is 1. The summed E-state index contributed by atoms with van der Waals surface area (Å²) in [6.07, 6.45) is -0.931. The van der Waals surface area contributed by atoms with Crippen molar-refractivity contribution in [3.05, 3.63) is 65.5 Å². The fourth-order valence-electron chi connectivity index (χ4n) is 3.29. The normalized spacial score (nSPS) is 22.5. The van der Waals surface area contributed by atoms with Gasteiger partial charge in [0.15, 0.2) is 5.76 Å². The van der Waals surface area contributed by atoms with Crippen molar-refractivity contribution in [1.29, 1.82) is 0 Å². The first kappa shape index (κ1) is 19.7. The molecule has 2 aliphatic rings. The zero-order chi connectivity index (χ0) is 20.5. The number of rotatable bonds is 4. The molecule has 3 rings (SSSR count). The minimum absolute atomic E-state index is 0.152. The Labute approximate surface area is 159 Å². The highest BCUT2D eigenvalue weighted by Crippen LogP contribution is 2.47. The van der Waals surface area contributed by atoms with Crippen molar-refractivity contribution in [2.75, 3.05) is 20.1 Å². The van der Waals surface area contributed by atoms with Crippen LogP contribution in [0.5, 0.6) is 0 Å². The van der Waals surface area contributed by atoms with Crippen LogP contribution >= 0.6 is 0 Å². The van der Waals surface area contributed by atoms with Crippen molar-refractivity contribution >= 4 is 17.4 Å². The van der Waals surface area contributed by atoms with Crippen LogP contribution in [0.25, 0.3) is 5.57 Å². The number of halogens is 3. The highest BCUT2D eigenvalue weighted by Gasteiger charge is 2.54. The molecule has 1 aliphatic heterocycles. The van der Waals surface area contributed by atoms with Gasteiger partial charge in [-0.3, -0.25) is 9.59 Å². The van der Waals surface area contributed by atoms with E-state index in [1.165, 1.54) is 13.1 Å². The van der Waals surface area contributed by atoms with Crippen molar-refractivity contribution in [2.24, 2.45) is 5.41 Å². The second-order valence-electron chi connectivity index (χ2n) is 6.92. The maximum atomic E-state index is 14.0.